The first-order valence-electron chi connectivity index (χ1n) is 6.44. The molecule has 4 heteroatoms. The highest BCUT2D eigenvalue weighted by molar-refractivity contribution is 5.09. The van der Waals surface area contributed by atoms with Crippen LogP contribution in [0.1, 0.15) is 30.8 Å². The maximum Gasteiger partial charge on any atom is 0.0553 e. The van der Waals surface area contributed by atoms with E-state index in [1.165, 1.54) is 5.69 Å². The summed E-state index contributed by atoms with van der Waals surface area (Å²) in [6, 6.07) is 8.47. The summed E-state index contributed by atoms with van der Waals surface area (Å²) < 4.78 is 2.04. The van der Waals surface area contributed by atoms with Crippen LogP contribution in [0.2, 0.25) is 0 Å². The minimum absolute atomic E-state index is 0.328. The molecule has 4 nitrogen and oxygen atoms in total. The molecule has 0 aromatic carbocycles. The summed E-state index contributed by atoms with van der Waals surface area (Å²) in [5, 5.41) is 7.68. The lowest BCUT2D eigenvalue weighted by Crippen LogP contribution is -2.21. The lowest BCUT2D eigenvalue weighted by molar-refractivity contribution is 0.487. The monoisotopic (exact) mass is 244 g/mol. The van der Waals surface area contributed by atoms with E-state index in [1.807, 2.05) is 36.3 Å². The molecule has 0 saturated carbocycles. The highest BCUT2D eigenvalue weighted by Gasteiger charge is 2.13. The van der Waals surface area contributed by atoms with Crippen molar-refractivity contribution < 1.29 is 0 Å². The summed E-state index contributed by atoms with van der Waals surface area (Å²) in [4.78, 5) is 4.36. The van der Waals surface area contributed by atoms with Gasteiger partial charge in [-0.3, -0.25) is 9.67 Å². The Morgan fingerprint density at radius 1 is 1.28 bits per heavy atom. The molecule has 0 radical (unpaired) electrons. The predicted molar refractivity (Wildman–Crippen MR) is 72.3 cm³/mol. The summed E-state index contributed by atoms with van der Waals surface area (Å²) in [6.07, 6.45) is 5.71. The minimum Gasteiger partial charge on any atom is -0.312 e. The fourth-order valence-electron chi connectivity index (χ4n) is 2.18. The molecule has 0 fully saturated rings. The van der Waals surface area contributed by atoms with Crippen molar-refractivity contribution in [3.63, 3.8) is 0 Å². The Bertz CT molecular complexity index is 464. The Labute approximate surface area is 108 Å². The average Bonchev–Trinajstić information content (AvgIpc) is 2.89. The molecule has 2 aromatic rings. The van der Waals surface area contributed by atoms with Crippen molar-refractivity contribution in [1.82, 2.24) is 20.1 Å². The molecule has 0 saturated heterocycles. The van der Waals surface area contributed by atoms with Gasteiger partial charge in [0.05, 0.1) is 5.69 Å². The van der Waals surface area contributed by atoms with E-state index in [-0.39, 0.29) is 0 Å². The van der Waals surface area contributed by atoms with Gasteiger partial charge >= 0.3 is 0 Å². The summed E-state index contributed by atoms with van der Waals surface area (Å²) >= 11 is 0. The second-order valence-corrected chi connectivity index (χ2v) is 4.27. The molecule has 18 heavy (non-hydrogen) atoms. The topological polar surface area (TPSA) is 42.7 Å². The van der Waals surface area contributed by atoms with Crippen LogP contribution in [0, 0.1) is 0 Å². The first kappa shape index (κ1) is 12.8. The van der Waals surface area contributed by atoms with Crippen LogP contribution in [0.4, 0.5) is 0 Å². The Morgan fingerprint density at radius 2 is 2.17 bits per heavy atom. The van der Waals surface area contributed by atoms with E-state index in [9.17, 15) is 0 Å². The van der Waals surface area contributed by atoms with Gasteiger partial charge in [-0.2, -0.15) is 5.10 Å². The zero-order valence-corrected chi connectivity index (χ0v) is 11.0. The highest BCUT2D eigenvalue weighted by atomic mass is 15.3. The van der Waals surface area contributed by atoms with E-state index >= 15 is 0 Å². The van der Waals surface area contributed by atoms with Crippen LogP contribution >= 0.6 is 0 Å². The number of aryl methyl sites for hydroxylation is 2. The van der Waals surface area contributed by atoms with E-state index in [0.717, 1.165) is 25.1 Å². The van der Waals surface area contributed by atoms with Gasteiger partial charge in [0.1, 0.15) is 0 Å². The second-order valence-electron chi connectivity index (χ2n) is 4.27. The van der Waals surface area contributed by atoms with Gasteiger partial charge in [-0.1, -0.05) is 6.07 Å². The number of nitrogens with one attached hydrogen (secondary N) is 1. The lowest BCUT2D eigenvalue weighted by atomic mass is 10.1. The third kappa shape index (κ3) is 2.96. The predicted octanol–water partition coefficient (Wildman–Crippen LogP) is 2.19. The molecule has 0 amide bonds. The zero-order chi connectivity index (χ0) is 12.8. The minimum atomic E-state index is 0.328. The van der Waals surface area contributed by atoms with Crippen molar-refractivity contribution in [2.45, 2.75) is 32.4 Å². The van der Waals surface area contributed by atoms with Crippen molar-refractivity contribution in [1.29, 1.82) is 0 Å². The number of rotatable bonds is 6. The molecule has 1 atom stereocenters. The molecule has 0 aliphatic heterocycles. The van der Waals surface area contributed by atoms with E-state index in [4.69, 9.17) is 0 Å². The van der Waals surface area contributed by atoms with Gasteiger partial charge < -0.3 is 5.32 Å². The Morgan fingerprint density at radius 3 is 2.83 bits per heavy atom. The summed E-state index contributed by atoms with van der Waals surface area (Å²) in [7, 11) is 2.00. The van der Waals surface area contributed by atoms with Crippen molar-refractivity contribution in [3.05, 3.63) is 48.0 Å². The molecule has 0 aliphatic rings. The van der Waals surface area contributed by atoms with Crippen molar-refractivity contribution in [2.75, 3.05) is 7.05 Å². The number of hydrogen-bond acceptors (Lipinski definition) is 3. The zero-order valence-electron chi connectivity index (χ0n) is 11.0. The Balaban J connectivity index is 2.02. The van der Waals surface area contributed by atoms with E-state index < -0.39 is 0 Å². The first-order valence-corrected chi connectivity index (χ1v) is 6.44. The van der Waals surface area contributed by atoms with Gasteiger partial charge in [-0.05, 0) is 45.0 Å². The van der Waals surface area contributed by atoms with E-state index in [0.29, 0.717) is 6.04 Å². The smallest absolute Gasteiger partial charge is 0.0553 e. The van der Waals surface area contributed by atoms with Gasteiger partial charge in [0.15, 0.2) is 0 Å². The highest BCUT2D eigenvalue weighted by Crippen LogP contribution is 2.18. The number of hydrogen-bond donors (Lipinski definition) is 1. The molecule has 2 rings (SSSR count). The molecule has 2 heterocycles. The first-order chi connectivity index (χ1) is 8.85. The molecular formula is C14H20N4. The third-order valence-corrected chi connectivity index (χ3v) is 3.17. The van der Waals surface area contributed by atoms with Crippen LogP contribution in [-0.2, 0) is 13.0 Å². The van der Waals surface area contributed by atoms with Crippen LogP contribution in [0.3, 0.4) is 0 Å². The van der Waals surface area contributed by atoms with Crippen LogP contribution in [0.25, 0.3) is 0 Å². The maximum atomic E-state index is 4.36. The van der Waals surface area contributed by atoms with Crippen LogP contribution in [-0.4, -0.2) is 21.8 Å². The normalized spacial score (nSPS) is 12.6. The summed E-state index contributed by atoms with van der Waals surface area (Å²) in [5.74, 6) is 0. The standard InChI is InChI=1S/C14H20N4/c1-3-18-14(9-11-17-18)13(15-2)8-7-12-6-4-5-10-16-12/h4-6,9-11,13,15H,3,7-8H2,1-2H3. The van der Waals surface area contributed by atoms with Gasteiger partial charge in [-0.15, -0.1) is 0 Å². The molecule has 2 aromatic heterocycles. The number of aromatic nitrogens is 3. The molecule has 1 N–H and O–H groups in total. The fraction of sp³-hybridized carbons (Fsp3) is 0.429. The lowest BCUT2D eigenvalue weighted by Gasteiger charge is -2.17. The van der Waals surface area contributed by atoms with Crippen molar-refractivity contribution in [2.24, 2.45) is 0 Å². The molecule has 0 spiro atoms. The largest absolute Gasteiger partial charge is 0.312 e. The number of nitrogens with zero attached hydrogens (tertiary/aromatic N) is 3. The van der Waals surface area contributed by atoms with Gasteiger partial charge in [0.2, 0.25) is 0 Å². The van der Waals surface area contributed by atoms with Crippen LogP contribution in [0.5, 0.6) is 0 Å². The number of pyridine rings is 1. The van der Waals surface area contributed by atoms with Gasteiger partial charge in [0, 0.05) is 30.7 Å². The van der Waals surface area contributed by atoms with Crippen LogP contribution < -0.4 is 5.32 Å². The molecule has 0 aliphatic carbocycles. The molecular weight excluding hydrogens is 224 g/mol. The fourth-order valence-corrected chi connectivity index (χ4v) is 2.18. The molecule has 1 unspecified atom stereocenters. The quantitative estimate of drug-likeness (QED) is 0.847. The molecule has 96 valence electrons. The second kappa shape index (κ2) is 6.31. The van der Waals surface area contributed by atoms with Gasteiger partial charge in [0.25, 0.3) is 0 Å². The molecule has 0 bridgehead atoms. The van der Waals surface area contributed by atoms with E-state index in [2.05, 4.69) is 34.5 Å². The van der Waals surface area contributed by atoms with E-state index in [1.54, 1.807) is 0 Å². The van der Waals surface area contributed by atoms with Crippen LogP contribution in [0.15, 0.2) is 36.7 Å². The Kier molecular flexibility index (Phi) is 4.47. The summed E-state index contributed by atoms with van der Waals surface area (Å²) in [6.45, 7) is 3.02. The third-order valence-electron chi connectivity index (χ3n) is 3.17. The van der Waals surface area contributed by atoms with Gasteiger partial charge in [-0.25, -0.2) is 0 Å². The summed E-state index contributed by atoms with van der Waals surface area (Å²) in [5.41, 5.74) is 2.39. The Hall–Kier alpha value is -1.68. The average molecular weight is 244 g/mol. The maximum absolute atomic E-state index is 4.36. The van der Waals surface area contributed by atoms with Crippen molar-refractivity contribution >= 4 is 0 Å². The van der Waals surface area contributed by atoms with Crippen molar-refractivity contribution in [3.8, 4) is 0 Å². The SMILES string of the molecule is CCn1nccc1C(CCc1ccccn1)NC.